The predicted octanol–water partition coefficient (Wildman–Crippen LogP) is 4.22. The molecule has 0 amide bonds. The summed E-state index contributed by atoms with van der Waals surface area (Å²) >= 11 is 3.39. The molecule has 3 aromatic rings. The van der Waals surface area contributed by atoms with Crippen LogP contribution in [0, 0.1) is 6.92 Å². The van der Waals surface area contributed by atoms with Crippen LogP contribution in [0.4, 0.5) is 17.1 Å². The Morgan fingerprint density at radius 2 is 2.05 bits per heavy atom. The minimum atomic E-state index is 0.662. The fourth-order valence-electron chi connectivity index (χ4n) is 1.92. The largest absolute Gasteiger partial charge is 0.441 e. The van der Waals surface area contributed by atoms with Crippen molar-refractivity contribution in [2.24, 2.45) is 0 Å². The smallest absolute Gasteiger partial charge is 0.192 e. The number of nitrogens with one attached hydrogen (secondary N) is 1. The quantitative estimate of drug-likeness (QED) is 0.694. The molecule has 3 N–H and O–H groups in total. The molecule has 2 aromatic carbocycles. The zero-order valence-electron chi connectivity index (χ0n) is 10.3. The van der Waals surface area contributed by atoms with Gasteiger partial charge in [-0.05, 0) is 36.4 Å². The molecular weight excluding hydrogens is 306 g/mol. The van der Waals surface area contributed by atoms with E-state index in [2.05, 4.69) is 26.2 Å². The van der Waals surface area contributed by atoms with E-state index in [4.69, 9.17) is 10.2 Å². The Balaban J connectivity index is 1.96. The van der Waals surface area contributed by atoms with E-state index in [9.17, 15) is 0 Å². The lowest BCUT2D eigenvalue weighted by molar-refractivity contribution is 0.561. The van der Waals surface area contributed by atoms with Crippen LogP contribution in [-0.2, 0) is 0 Å². The monoisotopic (exact) mass is 317 g/mol. The molecule has 0 saturated heterocycles. The topological polar surface area (TPSA) is 64.1 Å². The summed E-state index contributed by atoms with van der Waals surface area (Å²) in [4.78, 5) is 4.31. The highest BCUT2D eigenvalue weighted by Crippen LogP contribution is 2.28. The Labute approximate surface area is 118 Å². The number of anilines is 3. The molecular formula is C14H12BrN3O. The first-order chi connectivity index (χ1) is 9.11. The van der Waals surface area contributed by atoms with Gasteiger partial charge in [0.25, 0.3) is 0 Å². The van der Waals surface area contributed by atoms with Gasteiger partial charge in [-0.3, -0.25) is 0 Å². The SMILES string of the molecule is Cc1nc2cc(Nc3ccc(Br)cc3N)ccc2o1. The number of nitrogen functional groups attached to an aromatic ring is 1. The first-order valence-corrected chi connectivity index (χ1v) is 6.60. The molecule has 0 radical (unpaired) electrons. The van der Waals surface area contributed by atoms with E-state index in [0.29, 0.717) is 11.6 Å². The van der Waals surface area contributed by atoms with Gasteiger partial charge >= 0.3 is 0 Å². The van der Waals surface area contributed by atoms with Crippen LogP contribution in [0.25, 0.3) is 11.1 Å². The molecule has 3 rings (SSSR count). The van der Waals surface area contributed by atoms with Crippen molar-refractivity contribution in [1.82, 2.24) is 4.98 Å². The van der Waals surface area contributed by atoms with Crippen molar-refractivity contribution in [3.05, 3.63) is 46.8 Å². The van der Waals surface area contributed by atoms with Crippen molar-refractivity contribution in [3.8, 4) is 0 Å². The van der Waals surface area contributed by atoms with Gasteiger partial charge in [0.05, 0.1) is 11.4 Å². The lowest BCUT2D eigenvalue weighted by Gasteiger charge is -2.09. The maximum atomic E-state index is 5.96. The van der Waals surface area contributed by atoms with E-state index in [-0.39, 0.29) is 0 Å². The average molecular weight is 318 g/mol. The van der Waals surface area contributed by atoms with Gasteiger partial charge in [0, 0.05) is 17.1 Å². The van der Waals surface area contributed by atoms with E-state index in [1.54, 1.807) is 0 Å². The number of nitrogens with zero attached hydrogens (tertiary/aromatic N) is 1. The van der Waals surface area contributed by atoms with Crippen LogP contribution in [0.5, 0.6) is 0 Å². The summed E-state index contributed by atoms with van der Waals surface area (Å²) in [6.45, 7) is 1.83. The number of benzene rings is 2. The fraction of sp³-hybridized carbons (Fsp3) is 0.0714. The predicted molar refractivity (Wildman–Crippen MR) is 80.6 cm³/mol. The molecule has 0 aliphatic rings. The molecule has 96 valence electrons. The van der Waals surface area contributed by atoms with E-state index in [0.717, 1.165) is 26.9 Å². The molecule has 0 aliphatic carbocycles. The highest BCUT2D eigenvalue weighted by atomic mass is 79.9. The molecule has 1 aromatic heterocycles. The number of oxazole rings is 1. The Hall–Kier alpha value is -2.01. The van der Waals surface area contributed by atoms with Gasteiger partial charge < -0.3 is 15.5 Å². The Bertz CT molecular complexity index is 752. The molecule has 0 saturated carbocycles. The first-order valence-electron chi connectivity index (χ1n) is 5.81. The summed E-state index contributed by atoms with van der Waals surface area (Å²) in [6, 6.07) is 11.5. The third-order valence-corrected chi connectivity index (χ3v) is 3.28. The molecule has 0 fully saturated rings. The Morgan fingerprint density at radius 3 is 2.84 bits per heavy atom. The average Bonchev–Trinajstić information content (AvgIpc) is 2.72. The van der Waals surface area contributed by atoms with Gasteiger partial charge in [0.1, 0.15) is 5.52 Å². The minimum Gasteiger partial charge on any atom is -0.441 e. The van der Waals surface area contributed by atoms with E-state index in [1.807, 2.05) is 43.3 Å². The van der Waals surface area contributed by atoms with Crippen LogP contribution in [0.15, 0.2) is 45.3 Å². The molecule has 0 bridgehead atoms. The number of halogens is 1. The summed E-state index contributed by atoms with van der Waals surface area (Å²) < 4.78 is 6.40. The van der Waals surface area contributed by atoms with Crippen molar-refractivity contribution in [2.45, 2.75) is 6.92 Å². The molecule has 0 atom stereocenters. The van der Waals surface area contributed by atoms with Crippen molar-refractivity contribution < 1.29 is 4.42 Å². The molecule has 19 heavy (non-hydrogen) atoms. The summed E-state index contributed by atoms with van der Waals surface area (Å²) in [5, 5.41) is 3.27. The second-order valence-corrected chi connectivity index (χ2v) is 5.19. The number of aryl methyl sites for hydroxylation is 1. The van der Waals surface area contributed by atoms with E-state index < -0.39 is 0 Å². The lowest BCUT2D eigenvalue weighted by Crippen LogP contribution is -1.96. The standard InChI is InChI=1S/C14H12BrN3O/c1-8-17-13-7-10(3-5-14(13)19-8)18-12-4-2-9(15)6-11(12)16/h2-7,18H,16H2,1H3. The molecule has 0 unspecified atom stereocenters. The highest BCUT2D eigenvalue weighted by molar-refractivity contribution is 9.10. The van der Waals surface area contributed by atoms with Crippen molar-refractivity contribution in [1.29, 1.82) is 0 Å². The van der Waals surface area contributed by atoms with Gasteiger partial charge in [-0.15, -0.1) is 0 Å². The van der Waals surface area contributed by atoms with Gasteiger partial charge in [-0.2, -0.15) is 0 Å². The number of rotatable bonds is 2. The number of hydrogen-bond donors (Lipinski definition) is 2. The zero-order chi connectivity index (χ0) is 13.4. The number of aromatic nitrogens is 1. The van der Waals surface area contributed by atoms with E-state index >= 15 is 0 Å². The molecule has 0 aliphatic heterocycles. The third kappa shape index (κ3) is 2.42. The summed E-state index contributed by atoms with van der Waals surface area (Å²) in [7, 11) is 0. The summed E-state index contributed by atoms with van der Waals surface area (Å²) in [5.74, 6) is 0.662. The molecule has 0 spiro atoms. The Morgan fingerprint density at radius 1 is 1.21 bits per heavy atom. The van der Waals surface area contributed by atoms with Crippen LogP contribution in [0.1, 0.15) is 5.89 Å². The number of hydrogen-bond acceptors (Lipinski definition) is 4. The van der Waals surface area contributed by atoms with Crippen LogP contribution >= 0.6 is 15.9 Å². The normalized spacial score (nSPS) is 10.8. The van der Waals surface area contributed by atoms with Crippen LogP contribution in [0.3, 0.4) is 0 Å². The van der Waals surface area contributed by atoms with Crippen molar-refractivity contribution in [3.63, 3.8) is 0 Å². The minimum absolute atomic E-state index is 0.662. The maximum absolute atomic E-state index is 5.96. The van der Waals surface area contributed by atoms with Crippen LogP contribution in [0.2, 0.25) is 0 Å². The molecule has 4 nitrogen and oxygen atoms in total. The highest BCUT2D eigenvalue weighted by Gasteiger charge is 2.05. The fourth-order valence-corrected chi connectivity index (χ4v) is 2.30. The maximum Gasteiger partial charge on any atom is 0.192 e. The summed E-state index contributed by atoms with van der Waals surface area (Å²) in [5.41, 5.74) is 10.1. The molecule has 1 heterocycles. The van der Waals surface area contributed by atoms with E-state index in [1.165, 1.54) is 0 Å². The van der Waals surface area contributed by atoms with Crippen LogP contribution < -0.4 is 11.1 Å². The number of nitrogens with two attached hydrogens (primary N) is 1. The Kier molecular flexibility index (Phi) is 2.91. The lowest BCUT2D eigenvalue weighted by atomic mass is 10.2. The van der Waals surface area contributed by atoms with Gasteiger partial charge in [-0.25, -0.2) is 4.98 Å². The van der Waals surface area contributed by atoms with Crippen molar-refractivity contribution in [2.75, 3.05) is 11.1 Å². The third-order valence-electron chi connectivity index (χ3n) is 2.79. The van der Waals surface area contributed by atoms with Gasteiger partial charge in [-0.1, -0.05) is 15.9 Å². The second kappa shape index (κ2) is 4.59. The second-order valence-electron chi connectivity index (χ2n) is 4.27. The zero-order valence-corrected chi connectivity index (χ0v) is 11.9. The first kappa shape index (κ1) is 12.0. The van der Waals surface area contributed by atoms with Gasteiger partial charge in [0.2, 0.25) is 0 Å². The summed E-state index contributed by atoms with van der Waals surface area (Å²) in [6.07, 6.45) is 0. The van der Waals surface area contributed by atoms with Crippen molar-refractivity contribution >= 4 is 44.1 Å². The number of fused-ring (bicyclic) bond motifs is 1. The van der Waals surface area contributed by atoms with Gasteiger partial charge in [0.15, 0.2) is 11.5 Å². The van der Waals surface area contributed by atoms with Crippen LogP contribution in [-0.4, -0.2) is 4.98 Å². The molecule has 5 heteroatoms.